The molecule has 0 saturated heterocycles. The van der Waals surface area contributed by atoms with Crippen molar-refractivity contribution in [2.45, 2.75) is 11.0 Å². The Morgan fingerprint density at radius 1 is 0.455 bits per heavy atom. The van der Waals surface area contributed by atoms with Crippen molar-refractivity contribution in [1.29, 1.82) is 0 Å². The lowest BCUT2D eigenvalue weighted by Gasteiger charge is -2.37. The molecule has 0 amide bonds. The zero-order chi connectivity index (χ0) is 45.4. The van der Waals surface area contributed by atoms with Crippen LogP contribution in [0.25, 0.3) is 42.4 Å². The van der Waals surface area contributed by atoms with E-state index in [1.807, 2.05) is 78.1 Å². The number of para-hydroxylation sites is 2. The Morgan fingerprint density at radius 2 is 0.864 bits per heavy atom. The van der Waals surface area contributed by atoms with E-state index in [1.54, 1.807) is 11.3 Å². The third-order valence-electron chi connectivity index (χ3n) is 12.2. The second kappa shape index (κ2) is 16.4. The van der Waals surface area contributed by atoms with Gasteiger partial charge in [0.15, 0.2) is 17.1 Å². The highest BCUT2D eigenvalue weighted by molar-refractivity contribution is 9.10. The van der Waals surface area contributed by atoms with E-state index in [-0.39, 0.29) is 5.41 Å². The summed E-state index contributed by atoms with van der Waals surface area (Å²) in [5, 5.41) is 14.7. The van der Waals surface area contributed by atoms with Crippen molar-refractivity contribution in [3.8, 4) is 45.3 Å². The standard InChI is InChI=1S/C27H17BrO2S.C27H15BrOS.H2O4S/c28-18-14-15-24-20(16-18)25-26(31-24)27(29,22-12-6-7-13-23(22)30-25)21-11-5-4-10-19(21)17-8-2-1-3-9-17;28-16-13-14-24-19(15-16)25-26(30-24)27(22-11-5-6-12-23(22)29-25)20-9-3-1-7-17(20)18-8-2-4-10-21(18)27;1-5(2,3)4/h1-16,29H;1-15H;(H2,1,2,3,4). The van der Waals surface area contributed by atoms with E-state index in [0.717, 1.165) is 63.4 Å². The molecule has 3 N–H and O–H groups in total. The smallest absolute Gasteiger partial charge is 0.394 e. The van der Waals surface area contributed by atoms with Gasteiger partial charge in [0.2, 0.25) is 0 Å². The van der Waals surface area contributed by atoms with Crippen molar-refractivity contribution < 1.29 is 32.1 Å². The number of hydrogen-bond donors (Lipinski definition) is 3. The summed E-state index contributed by atoms with van der Waals surface area (Å²) >= 11 is 10.7. The van der Waals surface area contributed by atoms with Crippen LogP contribution in [-0.4, -0.2) is 22.6 Å². The number of rotatable bonds is 2. The first kappa shape index (κ1) is 42.7. The predicted molar refractivity (Wildman–Crippen MR) is 271 cm³/mol. The van der Waals surface area contributed by atoms with Crippen LogP contribution in [0.1, 0.15) is 37.6 Å². The van der Waals surface area contributed by atoms with E-state index in [4.69, 9.17) is 27.0 Å². The predicted octanol–water partition coefficient (Wildman–Crippen LogP) is 15.2. The maximum Gasteiger partial charge on any atom is 0.394 e. The van der Waals surface area contributed by atoms with E-state index in [1.165, 1.54) is 42.8 Å². The van der Waals surface area contributed by atoms with Crippen LogP contribution in [0.5, 0.6) is 23.0 Å². The van der Waals surface area contributed by atoms with Gasteiger partial charge in [0.05, 0.1) is 15.2 Å². The summed E-state index contributed by atoms with van der Waals surface area (Å²) < 4.78 is 48.9. The molecule has 1 atom stereocenters. The maximum atomic E-state index is 12.6. The fraction of sp³-hybridized carbons (Fsp3) is 0.0370. The summed E-state index contributed by atoms with van der Waals surface area (Å²) in [6, 6.07) is 65.0. The third-order valence-corrected chi connectivity index (χ3v) is 15.7. The highest BCUT2D eigenvalue weighted by atomic mass is 79.9. The molecular formula is C54H34Br2O7S3. The minimum Gasteiger partial charge on any atom is -0.455 e. The number of halogens is 2. The second-order valence-corrected chi connectivity index (χ2v) is 20.7. The summed E-state index contributed by atoms with van der Waals surface area (Å²) in [5.74, 6) is 3.34. The molecule has 66 heavy (non-hydrogen) atoms. The zero-order valence-electron chi connectivity index (χ0n) is 34.4. The van der Waals surface area contributed by atoms with Gasteiger partial charge in [0.25, 0.3) is 0 Å². The molecule has 1 aliphatic carbocycles. The normalized spacial score (nSPS) is 15.6. The van der Waals surface area contributed by atoms with Gasteiger partial charge >= 0.3 is 10.4 Å². The summed E-state index contributed by atoms with van der Waals surface area (Å²) in [7, 11) is -4.67. The number of fused-ring (bicyclic) bond motifs is 15. The number of thiophene rings is 2. The van der Waals surface area contributed by atoms with Crippen LogP contribution in [0.15, 0.2) is 197 Å². The lowest BCUT2D eigenvalue weighted by atomic mass is 9.69. The van der Waals surface area contributed by atoms with Crippen LogP contribution in [0, 0.1) is 0 Å². The Morgan fingerprint density at radius 3 is 1.42 bits per heavy atom. The van der Waals surface area contributed by atoms with E-state index in [9.17, 15) is 5.11 Å². The number of aliphatic hydroxyl groups is 1. The molecule has 3 aliphatic rings. The first-order chi connectivity index (χ1) is 31.9. The van der Waals surface area contributed by atoms with Crippen molar-refractivity contribution in [3.05, 3.63) is 235 Å². The van der Waals surface area contributed by atoms with E-state index >= 15 is 0 Å². The van der Waals surface area contributed by atoms with Crippen LogP contribution >= 0.6 is 54.5 Å². The maximum absolute atomic E-state index is 12.6. The summed E-state index contributed by atoms with van der Waals surface area (Å²) in [5.41, 5.74) is 8.54. The van der Waals surface area contributed by atoms with Gasteiger partial charge in [-0.3, -0.25) is 9.11 Å². The largest absolute Gasteiger partial charge is 0.455 e. The molecule has 7 nitrogen and oxygen atoms in total. The molecule has 12 heteroatoms. The Hall–Kier alpha value is -5.93. The zero-order valence-corrected chi connectivity index (χ0v) is 40.0. The molecule has 2 aliphatic heterocycles. The molecule has 0 fully saturated rings. The lowest BCUT2D eigenvalue weighted by molar-refractivity contribution is 0.118. The molecule has 1 unspecified atom stereocenters. The minimum absolute atomic E-state index is 0.354. The average molecular weight is 1050 g/mol. The van der Waals surface area contributed by atoms with Crippen LogP contribution in [0.4, 0.5) is 0 Å². The van der Waals surface area contributed by atoms with Gasteiger partial charge in [-0.15, -0.1) is 22.7 Å². The van der Waals surface area contributed by atoms with Crippen LogP contribution in [0.3, 0.4) is 0 Å². The quantitative estimate of drug-likeness (QED) is 0.148. The highest BCUT2D eigenvalue weighted by Crippen LogP contribution is 2.65. The topological polar surface area (TPSA) is 113 Å². The SMILES string of the molecule is Brc1ccc2sc3c(c2c1)Oc1ccccc1C31c2ccccc2-c2ccccc21.O=S(=O)(O)O.OC1(c2ccccc2-c2ccccc2)c2ccccc2Oc2c1sc1ccc(Br)cc21. The van der Waals surface area contributed by atoms with Crippen molar-refractivity contribution in [1.82, 2.24) is 0 Å². The molecule has 324 valence electrons. The fourth-order valence-electron chi connectivity index (χ4n) is 9.67. The Kier molecular flexibility index (Phi) is 10.6. The molecule has 13 rings (SSSR count). The minimum atomic E-state index is -4.67. The molecule has 4 heterocycles. The Bertz CT molecular complexity index is 3610. The molecular weight excluding hydrogens is 1020 g/mol. The van der Waals surface area contributed by atoms with E-state index < -0.39 is 16.0 Å². The van der Waals surface area contributed by atoms with E-state index in [0.29, 0.717) is 5.75 Å². The second-order valence-electron chi connectivity index (χ2n) is 15.9. The van der Waals surface area contributed by atoms with Crippen molar-refractivity contribution in [3.63, 3.8) is 0 Å². The highest BCUT2D eigenvalue weighted by Gasteiger charge is 2.52. The monoisotopic (exact) mass is 1050 g/mol. The Labute approximate surface area is 405 Å². The summed E-state index contributed by atoms with van der Waals surface area (Å²) in [4.78, 5) is 2.08. The van der Waals surface area contributed by atoms with Gasteiger partial charge in [0.1, 0.15) is 11.5 Å². The number of ether oxygens (including phenoxy) is 2. The molecule has 2 aromatic heterocycles. The fourth-order valence-corrected chi connectivity index (χ4v) is 13.0. The van der Waals surface area contributed by atoms with Crippen LogP contribution < -0.4 is 9.47 Å². The molecule has 0 radical (unpaired) electrons. The van der Waals surface area contributed by atoms with Gasteiger partial charge in [-0.2, -0.15) is 8.42 Å². The van der Waals surface area contributed by atoms with E-state index in [2.05, 4.69) is 153 Å². The Balaban J connectivity index is 0.000000133. The molecule has 10 aromatic rings. The molecule has 0 bridgehead atoms. The van der Waals surface area contributed by atoms with Gasteiger partial charge in [-0.1, -0.05) is 171 Å². The summed E-state index contributed by atoms with van der Waals surface area (Å²) in [6.45, 7) is 0. The van der Waals surface area contributed by atoms with Crippen LogP contribution in [0.2, 0.25) is 0 Å². The van der Waals surface area contributed by atoms with Gasteiger partial charge in [0, 0.05) is 45.8 Å². The van der Waals surface area contributed by atoms with Crippen LogP contribution in [-0.2, 0) is 21.4 Å². The first-order valence-electron chi connectivity index (χ1n) is 20.7. The first-order valence-corrected chi connectivity index (χ1v) is 25.3. The molecule has 0 saturated carbocycles. The number of benzene rings is 8. The molecule has 8 aromatic carbocycles. The average Bonchev–Trinajstić information content (AvgIpc) is 3.98. The molecule has 1 spiro atoms. The van der Waals surface area contributed by atoms with Crippen molar-refractivity contribution in [2.75, 3.05) is 0 Å². The third kappa shape index (κ3) is 6.94. The summed E-state index contributed by atoms with van der Waals surface area (Å²) in [6.07, 6.45) is 0. The lowest BCUT2D eigenvalue weighted by Crippen LogP contribution is -2.31. The van der Waals surface area contributed by atoms with Gasteiger partial charge in [-0.05, 0) is 81.9 Å². The van der Waals surface area contributed by atoms with Crippen molar-refractivity contribution in [2.24, 2.45) is 0 Å². The van der Waals surface area contributed by atoms with Crippen molar-refractivity contribution >= 4 is 85.1 Å². The van der Waals surface area contributed by atoms with Gasteiger partial charge in [-0.25, -0.2) is 0 Å². The van der Waals surface area contributed by atoms with Gasteiger partial charge < -0.3 is 14.6 Å². The number of hydrogen-bond acceptors (Lipinski definition) is 7.